The van der Waals surface area contributed by atoms with E-state index in [1.165, 1.54) is 19.4 Å². The Morgan fingerprint density at radius 2 is 2.08 bits per heavy atom. The Balaban J connectivity index is 0.00000529. The predicted molar refractivity (Wildman–Crippen MR) is 85.5 cm³/mol. The van der Waals surface area contributed by atoms with E-state index < -0.39 is 36.0 Å². The first-order valence-electron chi connectivity index (χ1n) is 7.34. The smallest absolute Gasteiger partial charge is 0.374 e. The lowest BCUT2D eigenvalue weighted by Crippen LogP contribution is -2.49. The van der Waals surface area contributed by atoms with Crippen LogP contribution in [0.5, 0.6) is 0 Å². The topological polar surface area (TPSA) is 93.2 Å². The van der Waals surface area contributed by atoms with Gasteiger partial charge in [-0.1, -0.05) is 20.3 Å². The molecule has 0 aliphatic carbocycles. The summed E-state index contributed by atoms with van der Waals surface area (Å²) in [6.07, 6.45) is -2.52. The zero-order valence-electron chi connectivity index (χ0n) is 13.8. The van der Waals surface area contributed by atoms with Gasteiger partial charge >= 0.3 is 6.18 Å². The average molecular weight is 373 g/mol. The lowest BCUT2D eigenvalue weighted by Gasteiger charge is -2.30. The summed E-state index contributed by atoms with van der Waals surface area (Å²) in [6, 6.07) is -0.799. The van der Waals surface area contributed by atoms with Crippen molar-refractivity contribution in [3.8, 4) is 0 Å². The molecule has 0 fully saturated rings. The molecular weight excluding hydrogens is 349 g/mol. The monoisotopic (exact) mass is 372 g/mol. The van der Waals surface area contributed by atoms with Gasteiger partial charge in [0.15, 0.2) is 0 Å². The average Bonchev–Trinajstić information content (AvgIpc) is 2.90. The first kappa shape index (κ1) is 22.7. The van der Waals surface area contributed by atoms with Gasteiger partial charge in [0.2, 0.25) is 11.5 Å². The quantitative estimate of drug-likeness (QED) is 0.675. The molecule has 3 atom stereocenters. The van der Waals surface area contributed by atoms with Crippen LogP contribution in [0, 0.1) is 5.92 Å². The minimum atomic E-state index is -4.92. The summed E-state index contributed by atoms with van der Waals surface area (Å²) in [5.74, 6) is -1.15. The third-order valence-corrected chi connectivity index (χ3v) is 4.01. The normalized spacial score (nSPS) is 16.7. The van der Waals surface area contributed by atoms with E-state index in [2.05, 4.69) is 10.3 Å². The molecule has 1 aromatic heterocycles. The minimum Gasteiger partial charge on any atom is -0.374 e. The van der Waals surface area contributed by atoms with Crippen molar-refractivity contribution in [2.24, 2.45) is 18.7 Å². The van der Waals surface area contributed by atoms with E-state index in [0.717, 1.165) is 4.57 Å². The Hall–Kier alpha value is -1.32. The van der Waals surface area contributed by atoms with Crippen molar-refractivity contribution in [2.75, 3.05) is 6.54 Å². The molecule has 6 nitrogen and oxygen atoms in total. The maximum absolute atomic E-state index is 13.3. The summed E-state index contributed by atoms with van der Waals surface area (Å²) in [4.78, 5) is 15.4. The van der Waals surface area contributed by atoms with Crippen molar-refractivity contribution in [3.05, 3.63) is 18.2 Å². The van der Waals surface area contributed by atoms with Crippen molar-refractivity contribution in [3.63, 3.8) is 0 Å². The number of alkyl halides is 3. The first-order valence-corrected chi connectivity index (χ1v) is 7.34. The number of halogens is 4. The highest BCUT2D eigenvalue weighted by Crippen LogP contribution is 2.40. The second-order valence-corrected chi connectivity index (χ2v) is 5.67. The SMILES string of the molecule is CCC(C)C(N)C(=O)NCCC(O)(c1nccn1C)C(F)(F)F.Cl. The molecule has 0 aliphatic rings. The number of hydrogen-bond donors (Lipinski definition) is 3. The van der Waals surface area contributed by atoms with Gasteiger partial charge in [0, 0.05) is 32.4 Å². The number of nitrogens with two attached hydrogens (primary N) is 1. The van der Waals surface area contributed by atoms with Crippen LogP contribution in [0.2, 0.25) is 0 Å². The van der Waals surface area contributed by atoms with Crippen LogP contribution in [0.1, 0.15) is 32.5 Å². The van der Waals surface area contributed by atoms with Crippen molar-refractivity contribution in [2.45, 2.75) is 44.5 Å². The Bertz CT molecular complexity index is 538. The maximum Gasteiger partial charge on any atom is 0.424 e. The molecule has 0 aliphatic heterocycles. The van der Waals surface area contributed by atoms with Crippen LogP contribution in [-0.2, 0) is 17.4 Å². The molecule has 1 heterocycles. The molecule has 0 radical (unpaired) electrons. The van der Waals surface area contributed by atoms with Gasteiger partial charge in [0.05, 0.1) is 6.04 Å². The van der Waals surface area contributed by atoms with Crippen LogP contribution in [0.3, 0.4) is 0 Å². The molecule has 1 aromatic rings. The number of imidazole rings is 1. The summed E-state index contributed by atoms with van der Waals surface area (Å²) in [6.45, 7) is 3.28. The van der Waals surface area contributed by atoms with Crippen LogP contribution in [-0.4, -0.2) is 39.3 Å². The number of carbonyl (C=O) groups is 1. The molecule has 1 rings (SSSR count). The lowest BCUT2D eigenvalue weighted by atomic mass is 9.96. The summed E-state index contributed by atoms with van der Waals surface area (Å²) in [5, 5.41) is 12.5. The Morgan fingerprint density at radius 3 is 2.50 bits per heavy atom. The zero-order valence-corrected chi connectivity index (χ0v) is 14.6. The van der Waals surface area contributed by atoms with Crippen molar-refractivity contribution in [1.82, 2.24) is 14.9 Å². The Labute approximate surface area is 145 Å². The van der Waals surface area contributed by atoms with Crippen molar-refractivity contribution >= 4 is 18.3 Å². The molecule has 1 amide bonds. The van der Waals surface area contributed by atoms with E-state index in [1.54, 1.807) is 6.92 Å². The molecule has 0 saturated carbocycles. The second-order valence-electron chi connectivity index (χ2n) is 5.67. The minimum absolute atomic E-state index is 0. The van der Waals surface area contributed by atoms with Gasteiger partial charge < -0.3 is 20.7 Å². The van der Waals surface area contributed by atoms with E-state index in [1.807, 2.05) is 6.92 Å². The van der Waals surface area contributed by atoms with Crippen molar-refractivity contribution in [1.29, 1.82) is 0 Å². The number of aliphatic hydroxyl groups is 1. The van der Waals surface area contributed by atoms with Crippen LogP contribution >= 0.6 is 12.4 Å². The summed E-state index contributed by atoms with van der Waals surface area (Å²) in [7, 11) is 1.36. The summed E-state index contributed by atoms with van der Waals surface area (Å²) in [5.41, 5.74) is 2.57. The lowest BCUT2D eigenvalue weighted by molar-refractivity contribution is -0.272. The third-order valence-electron chi connectivity index (χ3n) is 4.01. The molecule has 10 heteroatoms. The number of nitrogens with zero attached hydrogens (tertiary/aromatic N) is 2. The fraction of sp³-hybridized carbons (Fsp3) is 0.714. The molecular formula is C14H24ClF3N4O2. The van der Waals surface area contributed by atoms with Gasteiger partial charge in [-0.15, -0.1) is 12.4 Å². The molecule has 0 saturated heterocycles. The van der Waals surface area contributed by atoms with Gasteiger partial charge in [-0.25, -0.2) is 4.98 Å². The summed E-state index contributed by atoms with van der Waals surface area (Å²) >= 11 is 0. The number of aryl methyl sites for hydroxylation is 1. The molecule has 140 valence electrons. The number of rotatable bonds is 7. The van der Waals surface area contributed by atoms with Crippen molar-refractivity contribution < 1.29 is 23.1 Å². The van der Waals surface area contributed by atoms with E-state index in [-0.39, 0.29) is 24.9 Å². The van der Waals surface area contributed by atoms with Gasteiger partial charge in [0.1, 0.15) is 5.82 Å². The fourth-order valence-corrected chi connectivity index (χ4v) is 2.14. The Morgan fingerprint density at radius 1 is 1.50 bits per heavy atom. The van der Waals surface area contributed by atoms with E-state index in [0.29, 0.717) is 6.42 Å². The van der Waals surface area contributed by atoms with E-state index >= 15 is 0 Å². The van der Waals surface area contributed by atoms with Gasteiger partial charge in [0.25, 0.3) is 0 Å². The standard InChI is InChI=1S/C14H23F3N4O2.ClH/c1-4-9(2)10(18)11(22)19-6-5-13(23,14(15,16)17)12-20-7-8-21(12)3;/h7-10,23H,4-6,18H2,1-3H3,(H,19,22);1H. The summed E-state index contributed by atoms with van der Waals surface area (Å²) < 4.78 is 40.9. The maximum atomic E-state index is 13.3. The molecule has 24 heavy (non-hydrogen) atoms. The van der Waals surface area contributed by atoms with Crippen LogP contribution < -0.4 is 11.1 Å². The number of carbonyl (C=O) groups excluding carboxylic acids is 1. The van der Waals surface area contributed by atoms with Crippen LogP contribution in [0.15, 0.2) is 12.4 Å². The number of aromatic nitrogens is 2. The Kier molecular flexibility index (Phi) is 8.20. The highest BCUT2D eigenvalue weighted by molar-refractivity contribution is 5.85. The van der Waals surface area contributed by atoms with Crippen LogP contribution in [0.4, 0.5) is 13.2 Å². The third kappa shape index (κ3) is 4.84. The first-order chi connectivity index (χ1) is 10.5. The molecule has 3 unspecified atom stereocenters. The number of amides is 1. The second kappa shape index (κ2) is 8.68. The molecule has 0 bridgehead atoms. The molecule has 0 aromatic carbocycles. The van der Waals surface area contributed by atoms with Gasteiger partial charge in [-0.3, -0.25) is 4.79 Å². The number of hydrogen-bond acceptors (Lipinski definition) is 4. The van der Waals surface area contributed by atoms with Crippen LogP contribution in [0.25, 0.3) is 0 Å². The van der Waals surface area contributed by atoms with Gasteiger partial charge in [-0.2, -0.15) is 13.2 Å². The highest BCUT2D eigenvalue weighted by atomic mass is 35.5. The largest absolute Gasteiger partial charge is 0.424 e. The van der Waals surface area contributed by atoms with E-state index in [4.69, 9.17) is 5.73 Å². The van der Waals surface area contributed by atoms with Gasteiger partial charge in [-0.05, 0) is 5.92 Å². The highest BCUT2D eigenvalue weighted by Gasteiger charge is 2.57. The molecule has 0 spiro atoms. The predicted octanol–water partition coefficient (Wildman–Crippen LogP) is 1.47. The molecule has 4 N–H and O–H groups in total. The number of nitrogens with one attached hydrogen (secondary N) is 1. The fourth-order valence-electron chi connectivity index (χ4n) is 2.14. The van der Waals surface area contributed by atoms with E-state index in [9.17, 15) is 23.1 Å². The zero-order chi connectivity index (χ0) is 17.8.